The first-order valence-electron chi connectivity index (χ1n) is 8.08. The highest BCUT2D eigenvalue weighted by molar-refractivity contribution is 8.00. The van der Waals surface area contributed by atoms with Crippen LogP contribution < -0.4 is 5.73 Å². The van der Waals surface area contributed by atoms with Gasteiger partial charge in [-0.1, -0.05) is 0 Å². The third-order valence-corrected chi connectivity index (χ3v) is 6.58. The minimum Gasteiger partial charge on any atom is -0.378 e. The first-order valence-corrected chi connectivity index (χ1v) is 10.0. The van der Waals surface area contributed by atoms with E-state index in [1.165, 1.54) is 10.4 Å². The number of thiophene rings is 1. The molecular weight excluding hydrogens is 352 g/mol. The number of rotatable bonds is 5. The fourth-order valence-electron chi connectivity index (χ4n) is 3.09. The van der Waals surface area contributed by atoms with Crippen LogP contribution in [0.1, 0.15) is 35.0 Å². The van der Waals surface area contributed by atoms with Gasteiger partial charge in [-0.3, -0.25) is 4.79 Å². The molecule has 2 N–H and O–H groups in total. The number of ether oxygens (including phenoxy) is 1. The Morgan fingerprint density at radius 2 is 2.17 bits per heavy atom. The average molecular weight is 377 g/mol. The topological polar surface area (TPSA) is 55.6 Å². The van der Waals surface area contributed by atoms with E-state index < -0.39 is 0 Å². The van der Waals surface area contributed by atoms with E-state index >= 15 is 0 Å². The van der Waals surface area contributed by atoms with Crippen LogP contribution in [0.25, 0.3) is 0 Å². The second-order valence-corrected chi connectivity index (χ2v) is 8.05. The fourth-order valence-corrected chi connectivity index (χ4v) is 5.47. The van der Waals surface area contributed by atoms with Crippen molar-refractivity contribution in [1.29, 1.82) is 0 Å². The lowest BCUT2D eigenvalue weighted by Gasteiger charge is -2.35. The van der Waals surface area contributed by atoms with E-state index in [-0.39, 0.29) is 17.7 Å². The molecule has 1 aromatic rings. The molecule has 0 aromatic carbocycles. The Balaban J connectivity index is 0.00000192. The summed E-state index contributed by atoms with van der Waals surface area (Å²) >= 11 is 3.59. The Kier molecular flexibility index (Phi) is 7.69. The van der Waals surface area contributed by atoms with Crippen LogP contribution in [0.5, 0.6) is 0 Å². The van der Waals surface area contributed by atoms with Crippen LogP contribution in [0.4, 0.5) is 0 Å². The highest BCUT2D eigenvalue weighted by Crippen LogP contribution is 2.40. The average Bonchev–Trinajstić information content (AvgIpc) is 3.04. The molecule has 0 bridgehead atoms. The zero-order valence-corrected chi connectivity index (χ0v) is 15.7. The number of aryl methyl sites for hydroxylation is 1. The van der Waals surface area contributed by atoms with Gasteiger partial charge in [0.1, 0.15) is 5.25 Å². The van der Waals surface area contributed by atoms with Gasteiger partial charge in [0.05, 0.1) is 6.10 Å². The summed E-state index contributed by atoms with van der Waals surface area (Å²) in [5.74, 6) is 1.35. The van der Waals surface area contributed by atoms with Crippen LogP contribution >= 0.6 is 35.5 Å². The smallest absolute Gasteiger partial charge is 0.240 e. The standard InChI is InChI=1S/C16H24N2O2S2.ClH/c17-6-1-9-20-12-2-7-18(8-3-12)16(19)15-13-4-10-21-14(13)5-11-22-15;/h4,10,12,15H,1-3,5-9,11,17H2;1H. The maximum atomic E-state index is 12.8. The molecule has 0 aliphatic carbocycles. The number of hydrogen-bond acceptors (Lipinski definition) is 5. The van der Waals surface area contributed by atoms with Crippen molar-refractivity contribution >= 4 is 41.4 Å². The molecule has 130 valence electrons. The summed E-state index contributed by atoms with van der Waals surface area (Å²) < 4.78 is 5.82. The van der Waals surface area contributed by atoms with Crippen LogP contribution in [0.3, 0.4) is 0 Å². The molecule has 3 rings (SSSR count). The quantitative estimate of drug-likeness (QED) is 0.803. The summed E-state index contributed by atoms with van der Waals surface area (Å²) in [4.78, 5) is 16.3. The number of carbonyl (C=O) groups is 1. The van der Waals surface area contributed by atoms with Crippen molar-refractivity contribution in [3.05, 3.63) is 21.9 Å². The van der Waals surface area contributed by atoms with Crippen molar-refractivity contribution in [2.75, 3.05) is 32.0 Å². The molecule has 23 heavy (non-hydrogen) atoms. The van der Waals surface area contributed by atoms with Gasteiger partial charge in [-0.2, -0.15) is 0 Å². The molecule has 1 atom stereocenters. The Bertz CT molecular complexity index is 504. The molecule has 1 amide bonds. The van der Waals surface area contributed by atoms with Gasteiger partial charge < -0.3 is 15.4 Å². The van der Waals surface area contributed by atoms with Crippen molar-refractivity contribution in [2.24, 2.45) is 5.73 Å². The second kappa shape index (κ2) is 9.28. The number of nitrogens with two attached hydrogens (primary N) is 1. The maximum Gasteiger partial charge on any atom is 0.240 e. The minimum atomic E-state index is 0. The normalized spacial score (nSPS) is 21.6. The molecule has 1 fully saturated rings. The van der Waals surface area contributed by atoms with Crippen LogP contribution in [0, 0.1) is 0 Å². The van der Waals surface area contributed by atoms with Crippen LogP contribution in [0.15, 0.2) is 11.4 Å². The number of fused-ring (bicyclic) bond motifs is 1. The predicted molar refractivity (Wildman–Crippen MR) is 99.7 cm³/mol. The number of likely N-dealkylation sites (tertiary alicyclic amines) is 1. The maximum absolute atomic E-state index is 12.8. The van der Waals surface area contributed by atoms with Crippen molar-refractivity contribution < 1.29 is 9.53 Å². The Morgan fingerprint density at radius 3 is 2.91 bits per heavy atom. The first kappa shape index (κ1) is 19.1. The monoisotopic (exact) mass is 376 g/mol. The number of halogens is 1. The molecule has 2 aliphatic heterocycles. The summed E-state index contributed by atoms with van der Waals surface area (Å²) in [6, 6.07) is 2.14. The van der Waals surface area contributed by atoms with E-state index in [9.17, 15) is 4.79 Å². The molecule has 3 heterocycles. The lowest BCUT2D eigenvalue weighted by Crippen LogP contribution is -2.43. The lowest BCUT2D eigenvalue weighted by atomic mass is 10.1. The number of hydrogen-bond donors (Lipinski definition) is 1. The lowest BCUT2D eigenvalue weighted by molar-refractivity contribution is -0.133. The molecular formula is C16H25ClN2O2S2. The van der Waals surface area contributed by atoms with E-state index in [0.29, 0.717) is 18.6 Å². The Labute approximate surface area is 152 Å². The highest BCUT2D eigenvalue weighted by Gasteiger charge is 2.33. The van der Waals surface area contributed by atoms with E-state index in [4.69, 9.17) is 10.5 Å². The minimum absolute atomic E-state index is 0. The van der Waals surface area contributed by atoms with Gasteiger partial charge in [-0.25, -0.2) is 0 Å². The summed E-state index contributed by atoms with van der Waals surface area (Å²) in [5, 5.41) is 2.14. The third kappa shape index (κ3) is 4.63. The number of thioether (sulfide) groups is 1. The van der Waals surface area contributed by atoms with E-state index in [1.54, 1.807) is 23.1 Å². The molecule has 0 saturated carbocycles. The summed E-state index contributed by atoms with van der Waals surface area (Å²) in [6.07, 6.45) is 4.22. The summed E-state index contributed by atoms with van der Waals surface area (Å²) in [5.41, 5.74) is 6.74. The van der Waals surface area contributed by atoms with Gasteiger partial charge in [0, 0.05) is 24.6 Å². The largest absolute Gasteiger partial charge is 0.378 e. The molecule has 4 nitrogen and oxygen atoms in total. The SMILES string of the molecule is Cl.NCCCOC1CCN(C(=O)C2SCCc3sccc32)CC1. The van der Waals surface area contributed by atoms with Crippen LogP contribution in [0.2, 0.25) is 0 Å². The summed E-state index contributed by atoms with van der Waals surface area (Å²) in [7, 11) is 0. The number of carbonyl (C=O) groups excluding carboxylic acids is 1. The first-order chi connectivity index (χ1) is 10.8. The molecule has 1 aromatic heterocycles. The van der Waals surface area contributed by atoms with Gasteiger partial charge in [-0.05, 0) is 55.0 Å². The molecule has 7 heteroatoms. The van der Waals surface area contributed by atoms with Crippen molar-refractivity contribution in [3.8, 4) is 0 Å². The van der Waals surface area contributed by atoms with E-state index in [1.807, 2.05) is 4.90 Å². The van der Waals surface area contributed by atoms with Gasteiger partial charge in [0.25, 0.3) is 0 Å². The van der Waals surface area contributed by atoms with Gasteiger partial charge in [0.15, 0.2) is 0 Å². The highest BCUT2D eigenvalue weighted by atomic mass is 35.5. The number of amides is 1. The molecule has 0 radical (unpaired) electrons. The molecule has 2 aliphatic rings. The Morgan fingerprint density at radius 1 is 1.39 bits per heavy atom. The van der Waals surface area contributed by atoms with Gasteiger partial charge in [0.2, 0.25) is 5.91 Å². The van der Waals surface area contributed by atoms with Crippen LogP contribution in [-0.2, 0) is 16.0 Å². The van der Waals surface area contributed by atoms with Crippen molar-refractivity contribution in [2.45, 2.75) is 37.0 Å². The molecule has 1 unspecified atom stereocenters. The van der Waals surface area contributed by atoms with Crippen LogP contribution in [-0.4, -0.2) is 48.9 Å². The number of nitrogens with zero attached hydrogens (tertiary/aromatic N) is 1. The third-order valence-electron chi connectivity index (χ3n) is 4.36. The van der Waals surface area contributed by atoms with E-state index in [2.05, 4.69) is 11.4 Å². The second-order valence-electron chi connectivity index (χ2n) is 5.84. The number of piperidine rings is 1. The molecule has 0 spiro atoms. The predicted octanol–water partition coefficient (Wildman–Crippen LogP) is 2.86. The van der Waals surface area contributed by atoms with Gasteiger partial charge in [-0.15, -0.1) is 35.5 Å². The van der Waals surface area contributed by atoms with E-state index in [0.717, 1.165) is 51.1 Å². The Hall–Kier alpha value is -0.270. The molecule has 1 saturated heterocycles. The van der Waals surface area contributed by atoms with Gasteiger partial charge >= 0.3 is 0 Å². The van der Waals surface area contributed by atoms with Crippen molar-refractivity contribution in [1.82, 2.24) is 4.90 Å². The summed E-state index contributed by atoms with van der Waals surface area (Å²) in [6.45, 7) is 3.07. The van der Waals surface area contributed by atoms with Crippen molar-refractivity contribution in [3.63, 3.8) is 0 Å². The zero-order chi connectivity index (χ0) is 15.4. The zero-order valence-electron chi connectivity index (χ0n) is 13.2. The fraction of sp³-hybridized carbons (Fsp3) is 0.688.